The van der Waals surface area contributed by atoms with Gasteiger partial charge in [0.15, 0.2) is 0 Å². The predicted octanol–water partition coefficient (Wildman–Crippen LogP) is 3.02. The van der Waals surface area contributed by atoms with Gasteiger partial charge in [-0.25, -0.2) is 4.79 Å². The number of benzene rings is 2. The number of nitrogens with zero attached hydrogens (tertiary/aromatic N) is 1. The minimum Gasteiger partial charge on any atom is -0.491 e. The van der Waals surface area contributed by atoms with Crippen LogP contribution in [-0.2, 0) is 10.3 Å². The number of hydrogen-bond acceptors (Lipinski definition) is 4. The van der Waals surface area contributed by atoms with E-state index in [9.17, 15) is 14.7 Å². The van der Waals surface area contributed by atoms with Crippen LogP contribution in [-0.4, -0.2) is 41.2 Å². The summed E-state index contributed by atoms with van der Waals surface area (Å²) in [6.07, 6.45) is -0.986. The number of aliphatic hydroxyl groups excluding tert-OH is 1. The molecule has 2 atom stereocenters. The second kappa shape index (κ2) is 8.02. The van der Waals surface area contributed by atoms with Gasteiger partial charge in [0.25, 0.3) is 5.91 Å². The van der Waals surface area contributed by atoms with Crippen molar-refractivity contribution < 1.29 is 19.4 Å². The lowest BCUT2D eigenvalue weighted by Crippen LogP contribution is -2.42. The number of nitrogens with one attached hydrogen (secondary N) is 1. The largest absolute Gasteiger partial charge is 0.491 e. The molecule has 0 aromatic heterocycles. The number of ether oxygens (including phenoxy) is 1. The topological polar surface area (TPSA) is 78.9 Å². The number of rotatable bonds is 7. The predicted molar refractivity (Wildman–Crippen MR) is 106 cm³/mol. The molecule has 148 valence electrons. The van der Waals surface area contributed by atoms with Gasteiger partial charge in [0.2, 0.25) is 0 Å². The smallest absolute Gasteiger partial charge is 0.325 e. The Balaban J connectivity index is 1.66. The van der Waals surface area contributed by atoms with Crippen LogP contribution < -0.4 is 10.1 Å². The fourth-order valence-corrected chi connectivity index (χ4v) is 3.23. The molecular formula is C22H26N2O4. The Bertz CT molecular complexity index is 835. The molecule has 3 amide bonds. The molecule has 1 heterocycles. The molecule has 2 aromatic rings. The summed E-state index contributed by atoms with van der Waals surface area (Å²) in [4.78, 5) is 26.4. The van der Waals surface area contributed by atoms with E-state index in [4.69, 9.17) is 4.74 Å². The van der Waals surface area contributed by atoms with Crippen LogP contribution in [0.15, 0.2) is 54.6 Å². The van der Waals surface area contributed by atoms with Crippen molar-refractivity contribution in [3.05, 3.63) is 65.7 Å². The van der Waals surface area contributed by atoms with Crippen molar-refractivity contribution in [2.75, 3.05) is 13.2 Å². The Morgan fingerprint density at radius 3 is 2.32 bits per heavy atom. The van der Waals surface area contributed by atoms with Crippen LogP contribution >= 0.6 is 0 Å². The second-order valence-corrected chi connectivity index (χ2v) is 7.53. The van der Waals surface area contributed by atoms with Crippen LogP contribution in [0, 0.1) is 0 Å². The maximum absolute atomic E-state index is 13.0. The average molecular weight is 382 g/mol. The molecule has 0 spiro atoms. The first-order chi connectivity index (χ1) is 13.3. The Morgan fingerprint density at radius 2 is 1.71 bits per heavy atom. The first-order valence-electron chi connectivity index (χ1n) is 9.41. The molecule has 6 heteroatoms. The van der Waals surface area contributed by atoms with Crippen molar-refractivity contribution in [2.45, 2.75) is 38.3 Å². The Morgan fingerprint density at radius 1 is 1.07 bits per heavy atom. The molecule has 0 saturated carbocycles. The van der Waals surface area contributed by atoms with Gasteiger partial charge in [-0.1, -0.05) is 56.3 Å². The molecule has 1 aliphatic rings. The molecule has 1 saturated heterocycles. The van der Waals surface area contributed by atoms with Crippen molar-refractivity contribution in [3.8, 4) is 5.75 Å². The highest BCUT2D eigenvalue weighted by atomic mass is 16.5. The zero-order valence-electron chi connectivity index (χ0n) is 16.4. The Kier molecular flexibility index (Phi) is 5.70. The van der Waals surface area contributed by atoms with E-state index in [1.165, 1.54) is 0 Å². The number of imide groups is 1. The van der Waals surface area contributed by atoms with Crippen LogP contribution in [0.3, 0.4) is 0 Å². The van der Waals surface area contributed by atoms with Crippen molar-refractivity contribution in [2.24, 2.45) is 0 Å². The Hall–Kier alpha value is -2.86. The quantitative estimate of drug-likeness (QED) is 0.722. The fraction of sp³-hybridized carbons (Fsp3) is 0.364. The molecular weight excluding hydrogens is 356 g/mol. The van der Waals surface area contributed by atoms with Gasteiger partial charge in [-0.2, -0.15) is 0 Å². The van der Waals surface area contributed by atoms with Gasteiger partial charge in [0, 0.05) is 0 Å². The highest BCUT2D eigenvalue weighted by Gasteiger charge is 2.49. The van der Waals surface area contributed by atoms with E-state index in [-0.39, 0.29) is 19.1 Å². The molecule has 1 fully saturated rings. The number of amides is 3. The van der Waals surface area contributed by atoms with Gasteiger partial charge in [-0.15, -0.1) is 0 Å². The number of urea groups is 1. The number of hydrogen-bond donors (Lipinski definition) is 2. The minimum absolute atomic E-state index is 0.0130. The van der Waals surface area contributed by atoms with Crippen LogP contribution in [0.1, 0.15) is 37.8 Å². The zero-order valence-corrected chi connectivity index (χ0v) is 16.4. The van der Waals surface area contributed by atoms with Crippen LogP contribution in [0.5, 0.6) is 5.75 Å². The summed E-state index contributed by atoms with van der Waals surface area (Å²) in [5, 5.41) is 13.0. The molecule has 6 nitrogen and oxygen atoms in total. The van der Waals surface area contributed by atoms with E-state index in [0.29, 0.717) is 17.2 Å². The molecule has 2 aromatic carbocycles. The Labute approximate surface area is 165 Å². The average Bonchev–Trinajstić information content (AvgIpc) is 2.91. The van der Waals surface area contributed by atoms with Crippen LogP contribution in [0.2, 0.25) is 0 Å². The van der Waals surface area contributed by atoms with E-state index < -0.39 is 17.7 Å². The van der Waals surface area contributed by atoms with E-state index in [1.54, 1.807) is 19.1 Å². The summed E-state index contributed by atoms with van der Waals surface area (Å²) >= 11 is 0. The lowest BCUT2D eigenvalue weighted by molar-refractivity contribution is -0.132. The molecule has 0 unspecified atom stereocenters. The van der Waals surface area contributed by atoms with E-state index >= 15 is 0 Å². The molecule has 0 radical (unpaired) electrons. The molecule has 2 N–H and O–H groups in total. The van der Waals surface area contributed by atoms with Gasteiger partial charge in [0.1, 0.15) is 24.0 Å². The summed E-state index contributed by atoms with van der Waals surface area (Å²) in [5.74, 6) is 0.620. The SMILES string of the molecule is CC(C)c1ccc([C@]2(C)NC(=O)N(C[C@H](O)COc3ccccc3)C2=O)cc1. The third kappa shape index (κ3) is 4.02. The summed E-state index contributed by atoms with van der Waals surface area (Å²) in [6.45, 7) is 5.74. The van der Waals surface area contributed by atoms with Crippen molar-refractivity contribution >= 4 is 11.9 Å². The third-order valence-corrected chi connectivity index (χ3v) is 5.01. The lowest BCUT2D eigenvalue weighted by atomic mass is 9.90. The van der Waals surface area contributed by atoms with Crippen LogP contribution in [0.4, 0.5) is 4.79 Å². The standard InChI is InChI=1S/C22H26N2O4/c1-15(2)16-9-11-17(12-10-16)22(3)20(26)24(21(27)23-22)13-18(25)14-28-19-7-5-4-6-8-19/h4-12,15,18,25H,13-14H2,1-3H3,(H,23,27)/t18-,22-/m0/s1. The lowest BCUT2D eigenvalue weighted by Gasteiger charge is -2.23. The molecule has 1 aliphatic heterocycles. The normalized spacial score (nSPS) is 20.4. The van der Waals surface area contributed by atoms with Gasteiger partial charge in [-0.05, 0) is 36.1 Å². The number of carbonyl (C=O) groups excluding carboxylic acids is 2. The summed E-state index contributed by atoms with van der Waals surface area (Å²) in [6, 6.07) is 16.2. The summed E-state index contributed by atoms with van der Waals surface area (Å²) in [7, 11) is 0. The van der Waals surface area contributed by atoms with Gasteiger partial charge >= 0.3 is 6.03 Å². The van der Waals surface area contributed by atoms with E-state index in [1.807, 2.05) is 42.5 Å². The number of carbonyl (C=O) groups is 2. The summed E-state index contributed by atoms with van der Waals surface area (Å²) < 4.78 is 5.50. The fourth-order valence-electron chi connectivity index (χ4n) is 3.23. The zero-order chi connectivity index (χ0) is 20.3. The second-order valence-electron chi connectivity index (χ2n) is 7.53. The van der Waals surface area contributed by atoms with Gasteiger partial charge in [-0.3, -0.25) is 9.69 Å². The van der Waals surface area contributed by atoms with Gasteiger partial charge in [0.05, 0.1) is 6.54 Å². The number of para-hydroxylation sites is 1. The first kappa shape index (κ1) is 19.9. The first-order valence-corrected chi connectivity index (χ1v) is 9.41. The van der Waals surface area contributed by atoms with Crippen molar-refractivity contribution in [1.29, 1.82) is 0 Å². The maximum atomic E-state index is 13.0. The van der Waals surface area contributed by atoms with Crippen LogP contribution in [0.25, 0.3) is 0 Å². The van der Waals surface area contributed by atoms with Crippen molar-refractivity contribution in [1.82, 2.24) is 10.2 Å². The van der Waals surface area contributed by atoms with Crippen molar-refractivity contribution in [3.63, 3.8) is 0 Å². The highest BCUT2D eigenvalue weighted by Crippen LogP contribution is 2.30. The summed E-state index contributed by atoms with van der Waals surface area (Å²) in [5.41, 5.74) is 0.731. The molecule has 0 aliphatic carbocycles. The monoisotopic (exact) mass is 382 g/mol. The minimum atomic E-state index is -1.15. The number of β-amino-alcohol motifs (C(OH)–C–C–N with tert-alkyl or cyclic N) is 1. The molecule has 3 rings (SSSR count). The van der Waals surface area contributed by atoms with E-state index in [0.717, 1.165) is 10.5 Å². The number of aliphatic hydroxyl groups is 1. The highest BCUT2D eigenvalue weighted by molar-refractivity contribution is 6.07. The maximum Gasteiger partial charge on any atom is 0.325 e. The van der Waals surface area contributed by atoms with E-state index in [2.05, 4.69) is 19.2 Å². The van der Waals surface area contributed by atoms with Gasteiger partial charge < -0.3 is 15.2 Å². The third-order valence-electron chi connectivity index (χ3n) is 5.01. The molecule has 0 bridgehead atoms. The molecule has 28 heavy (non-hydrogen) atoms.